The van der Waals surface area contributed by atoms with Crippen molar-refractivity contribution in [2.75, 3.05) is 19.6 Å². The minimum Gasteiger partial charge on any atom is -0.336 e. The smallest absolute Gasteiger partial charge is 0.223 e. The quantitative estimate of drug-likeness (QED) is 0.796. The van der Waals surface area contributed by atoms with Crippen molar-refractivity contribution in [1.29, 1.82) is 0 Å². The number of aromatic nitrogens is 3. The third-order valence-corrected chi connectivity index (χ3v) is 4.07. The van der Waals surface area contributed by atoms with Crippen LogP contribution in [0.25, 0.3) is 0 Å². The molecule has 1 aromatic rings. The average Bonchev–Trinajstić information content (AvgIpc) is 2.86. The first-order valence-corrected chi connectivity index (χ1v) is 6.51. The van der Waals surface area contributed by atoms with Crippen molar-refractivity contribution in [3.63, 3.8) is 0 Å². The predicted molar refractivity (Wildman–Crippen MR) is 65.6 cm³/mol. The highest BCUT2D eigenvalue weighted by Gasteiger charge is 2.43. The molecule has 98 valence electrons. The third kappa shape index (κ3) is 2.12. The van der Waals surface area contributed by atoms with E-state index in [0.717, 1.165) is 38.2 Å². The van der Waals surface area contributed by atoms with E-state index in [0.29, 0.717) is 13.0 Å². The lowest BCUT2D eigenvalue weighted by Gasteiger charge is -2.32. The van der Waals surface area contributed by atoms with E-state index in [4.69, 9.17) is 0 Å². The van der Waals surface area contributed by atoms with Gasteiger partial charge in [-0.05, 0) is 31.3 Å². The molecule has 3 rings (SSSR count). The van der Waals surface area contributed by atoms with E-state index >= 15 is 0 Å². The van der Waals surface area contributed by atoms with Crippen LogP contribution >= 0.6 is 0 Å². The first-order valence-electron chi connectivity index (χ1n) is 6.51. The van der Waals surface area contributed by atoms with Crippen LogP contribution in [0.4, 0.5) is 0 Å². The van der Waals surface area contributed by atoms with Crippen molar-refractivity contribution in [2.45, 2.75) is 25.8 Å². The Labute approximate surface area is 106 Å². The minimum atomic E-state index is 0.213. The van der Waals surface area contributed by atoms with Crippen molar-refractivity contribution < 1.29 is 4.79 Å². The summed E-state index contributed by atoms with van der Waals surface area (Å²) in [6, 6.07) is 0. The molecule has 2 fully saturated rings. The number of aryl methyl sites for hydroxylation is 1. The van der Waals surface area contributed by atoms with E-state index in [-0.39, 0.29) is 11.3 Å². The number of nitrogens with zero attached hydrogens (tertiary/aromatic N) is 4. The molecule has 0 bridgehead atoms. The van der Waals surface area contributed by atoms with E-state index in [1.165, 1.54) is 0 Å². The molecule has 2 aliphatic rings. The predicted octanol–water partition coefficient (Wildman–Crippen LogP) is -0.0828. The highest BCUT2D eigenvalue weighted by Crippen LogP contribution is 2.39. The molecular formula is C12H19N5O. The maximum atomic E-state index is 12.1. The van der Waals surface area contributed by atoms with Crippen LogP contribution < -0.4 is 5.32 Å². The number of hydrogen-bond donors (Lipinski definition) is 1. The number of carbonyl (C=O) groups is 1. The fraction of sp³-hybridized carbons (Fsp3) is 0.750. The number of piperidine rings is 1. The second-order valence-electron chi connectivity index (χ2n) is 5.56. The summed E-state index contributed by atoms with van der Waals surface area (Å²) in [5, 5.41) is 11.3. The molecule has 0 aromatic carbocycles. The van der Waals surface area contributed by atoms with Gasteiger partial charge in [-0.15, -0.1) is 5.10 Å². The fourth-order valence-electron chi connectivity index (χ4n) is 3.08. The van der Waals surface area contributed by atoms with Crippen molar-refractivity contribution >= 4 is 5.91 Å². The zero-order valence-corrected chi connectivity index (χ0v) is 10.7. The molecular weight excluding hydrogens is 230 g/mol. The average molecular weight is 249 g/mol. The van der Waals surface area contributed by atoms with Crippen molar-refractivity contribution in [3.8, 4) is 0 Å². The van der Waals surface area contributed by atoms with Crippen molar-refractivity contribution in [3.05, 3.63) is 11.9 Å². The summed E-state index contributed by atoms with van der Waals surface area (Å²) in [7, 11) is 1.84. The molecule has 1 spiro atoms. The summed E-state index contributed by atoms with van der Waals surface area (Å²) in [6.45, 7) is 3.55. The normalized spacial score (nSPS) is 22.9. The van der Waals surface area contributed by atoms with E-state index in [2.05, 4.69) is 15.6 Å². The van der Waals surface area contributed by atoms with Gasteiger partial charge in [0.25, 0.3) is 0 Å². The van der Waals surface area contributed by atoms with Gasteiger partial charge in [-0.25, -0.2) is 0 Å². The van der Waals surface area contributed by atoms with Gasteiger partial charge in [0.2, 0.25) is 5.91 Å². The summed E-state index contributed by atoms with van der Waals surface area (Å²) in [5.41, 5.74) is 1.08. The lowest BCUT2D eigenvalue weighted by atomic mass is 9.78. The Balaban J connectivity index is 1.68. The summed E-state index contributed by atoms with van der Waals surface area (Å²) in [6.07, 6.45) is 4.79. The molecule has 1 N–H and O–H groups in total. The molecule has 2 saturated heterocycles. The van der Waals surface area contributed by atoms with Crippen LogP contribution in [-0.2, 0) is 18.4 Å². The van der Waals surface area contributed by atoms with Crippen LogP contribution in [0.5, 0.6) is 0 Å². The first kappa shape index (κ1) is 11.6. The van der Waals surface area contributed by atoms with Gasteiger partial charge in [-0.2, -0.15) is 0 Å². The zero-order valence-electron chi connectivity index (χ0n) is 10.7. The van der Waals surface area contributed by atoms with E-state index in [1.54, 1.807) is 4.68 Å². The van der Waals surface area contributed by atoms with Gasteiger partial charge in [0.1, 0.15) is 5.69 Å². The van der Waals surface area contributed by atoms with Crippen LogP contribution in [-0.4, -0.2) is 45.4 Å². The standard InChI is InChI=1S/C12H19N5O/c1-16-7-10(14-15-16)8-17-9-12(6-11(17)18)2-4-13-5-3-12/h7,13H,2-6,8-9H2,1H3. The Morgan fingerprint density at radius 3 is 2.89 bits per heavy atom. The molecule has 0 aliphatic carbocycles. The molecule has 18 heavy (non-hydrogen) atoms. The van der Waals surface area contributed by atoms with E-state index < -0.39 is 0 Å². The van der Waals surface area contributed by atoms with Gasteiger partial charge in [0.05, 0.1) is 6.54 Å². The van der Waals surface area contributed by atoms with E-state index in [9.17, 15) is 4.79 Å². The van der Waals surface area contributed by atoms with Crippen LogP contribution in [0.2, 0.25) is 0 Å². The lowest BCUT2D eigenvalue weighted by Crippen LogP contribution is -2.38. The molecule has 1 amide bonds. The largest absolute Gasteiger partial charge is 0.336 e. The molecule has 6 nitrogen and oxygen atoms in total. The third-order valence-electron chi connectivity index (χ3n) is 4.07. The van der Waals surface area contributed by atoms with Crippen LogP contribution in [0.1, 0.15) is 25.0 Å². The molecule has 0 atom stereocenters. The lowest BCUT2D eigenvalue weighted by molar-refractivity contribution is -0.128. The molecule has 2 aliphatic heterocycles. The van der Waals surface area contributed by atoms with Gasteiger partial charge < -0.3 is 10.2 Å². The highest BCUT2D eigenvalue weighted by molar-refractivity contribution is 5.79. The Kier molecular flexibility index (Phi) is 2.81. The van der Waals surface area contributed by atoms with Crippen molar-refractivity contribution in [1.82, 2.24) is 25.2 Å². The Morgan fingerprint density at radius 1 is 1.44 bits per heavy atom. The van der Waals surface area contributed by atoms with Crippen LogP contribution in [0, 0.1) is 5.41 Å². The Bertz CT molecular complexity index is 449. The van der Waals surface area contributed by atoms with Gasteiger partial charge >= 0.3 is 0 Å². The van der Waals surface area contributed by atoms with Gasteiger partial charge in [0.15, 0.2) is 0 Å². The first-order chi connectivity index (χ1) is 8.67. The van der Waals surface area contributed by atoms with Gasteiger partial charge in [0, 0.05) is 26.2 Å². The number of carbonyl (C=O) groups excluding carboxylic acids is 1. The summed E-state index contributed by atoms with van der Waals surface area (Å²) < 4.78 is 1.68. The number of likely N-dealkylation sites (tertiary alicyclic amines) is 1. The Hall–Kier alpha value is -1.43. The van der Waals surface area contributed by atoms with Gasteiger partial charge in [-0.3, -0.25) is 9.48 Å². The van der Waals surface area contributed by atoms with E-state index in [1.807, 2.05) is 18.1 Å². The fourth-order valence-corrected chi connectivity index (χ4v) is 3.08. The topological polar surface area (TPSA) is 63.0 Å². The SMILES string of the molecule is Cn1cc(CN2CC3(CCNCC3)CC2=O)nn1. The molecule has 6 heteroatoms. The van der Waals surface area contributed by atoms with Crippen LogP contribution in [0.15, 0.2) is 6.20 Å². The van der Waals surface area contributed by atoms with Crippen molar-refractivity contribution in [2.24, 2.45) is 12.5 Å². The molecule has 0 radical (unpaired) electrons. The molecule has 3 heterocycles. The highest BCUT2D eigenvalue weighted by atomic mass is 16.2. The summed E-state index contributed by atoms with van der Waals surface area (Å²) >= 11 is 0. The molecule has 1 aromatic heterocycles. The maximum Gasteiger partial charge on any atom is 0.223 e. The second-order valence-corrected chi connectivity index (χ2v) is 5.56. The number of rotatable bonds is 2. The summed E-state index contributed by atoms with van der Waals surface area (Å²) in [5.74, 6) is 0.266. The number of amides is 1. The van der Waals surface area contributed by atoms with Crippen LogP contribution in [0.3, 0.4) is 0 Å². The number of nitrogens with one attached hydrogen (secondary N) is 1. The van der Waals surface area contributed by atoms with Gasteiger partial charge in [-0.1, -0.05) is 5.21 Å². The minimum absolute atomic E-state index is 0.213. The number of hydrogen-bond acceptors (Lipinski definition) is 4. The molecule has 0 unspecified atom stereocenters. The Morgan fingerprint density at radius 2 is 2.22 bits per heavy atom. The maximum absolute atomic E-state index is 12.1. The zero-order chi connectivity index (χ0) is 12.6. The summed E-state index contributed by atoms with van der Waals surface area (Å²) in [4.78, 5) is 14.0. The second kappa shape index (κ2) is 4.35. The molecule has 0 saturated carbocycles. The monoisotopic (exact) mass is 249 g/mol.